The zero-order valence-electron chi connectivity index (χ0n) is 19.4. The highest BCUT2D eigenvalue weighted by molar-refractivity contribution is 7.20. The van der Waals surface area contributed by atoms with Gasteiger partial charge in [-0.05, 0) is 60.2 Å². The molecule has 188 valence electrons. The van der Waals surface area contributed by atoms with Crippen LogP contribution in [0.1, 0.15) is 41.3 Å². The lowest BCUT2D eigenvalue weighted by Gasteiger charge is -2.18. The van der Waals surface area contributed by atoms with Gasteiger partial charge in [-0.2, -0.15) is 0 Å². The zero-order valence-corrected chi connectivity index (χ0v) is 20.2. The number of aliphatic hydroxyl groups is 2. The number of halogens is 2. The minimum atomic E-state index is -1.43. The first-order valence-electron chi connectivity index (χ1n) is 10.8. The van der Waals surface area contributed by atoms with Gasteiger partial charge in [-0.3, -0.25) is 4.79 Å². The van der Waals surface area contributed by atoms with Crippen LogP contribution in [0.3, 0.4) is 0 Å². The van der Waals surface area contributed by atoms with E-state index in [1.54, 1.807) is 18.2 Å². The Hall–Kier alpha value is -3.81. The van der Waals surface area contributed by atoms with Gasteiger partial charge in [-0.25, -0.2) is 18.4 Å². The number of nitrogens with one attached hydrogen (secondary N) is 1. The minimum Gasteiger partial charge on any atom is -0.394 e. The summed E-state index contributed by atoms with van der Waals surface area (Å²) in [5, 5.41) is 33.9. The van der Waals surface area contributed by atoms with Crippen molar-refractivity contribution in [1.82, 2.24) is 25.2 Å². The molecule has 0 aliphatic rings. The second-order valence-corrected chi connectivity index (χ2v) is 9.50. The van der Waals surface area contributed by atoms with Crippen LogP contribution in [0, 0.1) is 11.6 Å². The summed E-state index contributed by atoms with van der Waals surface area (Å²) in [5.41, 5.74) is 4.48. The number of hydrogen-bond acceptors (Lipinski definition) is 9. The molecule has 0 radical (unpaired) electrons. The van der Waals surface area contributed by atoms with Crippen LogP contribution in [-0.2, 0) is 18.6 Å². The van der Waals surface area contributed by atoms with Gasteiger partial charge in [-0.15, -0.1) is 16.4 Å². The maximum atomic E-state index is 14.9. The van der Waals surface area contributed by atoms with Crippen molar-refractivity contribution < 1.29 is 23.8 Å². The average Bonchev–Trinajstić information content (AvgIpc) is 3.40. The number of tetrazole rings is 1. The highest BCUT2D eigenvalue weighted by atomic mass is 32.1. The predicted molar refractivity (Wildman–Crippen MR) is 129 cm³/mol. The van der Waals surface area contributed by atoms with Gasteiger partial charge in [0.2, 0.25) is 0 Å². The molecule has 13 heteroatoms. The first-order valence-corrected chi connectivity index (χ1v) is 11.6. The smallest absolute Gasteiger partial charge is 0.251 e. The van der Waals surface area contributed by atoms with E-state index in [0.717, 1.165) is 23.5 Å². The van der Waals surface area contributed by atoms with E-state index in [-0.39, 0.29) is 46.1 Å². The Balaban J connectivity index is 1.65. The summed E-state index contributed by atoms with van der Waals surface area (Å²) >= 11 is 0.939. The third kappa shape index (κ3) is 5.37. The second-order valence-electron chi connectivity index (χ2n) is 8.45. The Morgan fingerprint density at radius 2 is 1.94 bits per heavy atom. The van der Waals surface area contributed by atoms with Crippen LogP contribution >= 0.6 is 11.3 Å². The molecule has 0 spiro atoms. The van der Waals surface area contributed by atoms with Gasteiger partial charge in [0.05, 0.1) is 42.0 Å². The number of carbonyl (C=O) groups is 1. The molecule has 3 aromatic heterocycles. The van der Waals surface area contributed by atoms with Crippen molar-refractivity contribution in [2.45, 2.75) is 32.4 Å². The van der Waals surface area contributed by atoms with Gasteiger partial charge >= 0.3 is 0 Å². The van der Waals surface area contributed by atoms with Crippen molar-refractivity contribution in [3.8, 4) is 10.4 Å². The lowest BCUT2D eigenvalue weighted by Crippen LogP contribution is -2.16. The van der Waals surface area contributed by atoms with Crippen molar-refractivity contribution in [3.63, 3.8) is 0 Å². The number of nitrogens with two attached hydrogens (primary N) is 1. The first-order chi connectivity index (χ1) is 17.1. The fourth-order valence-corrected chi connectivity index (χ4v) is 4.61. The molecule has 4 aromatic rings. The molecule has 5 N–H and O–H groups in total. The van der Waals surface area contributed by atoms with Crippen molar-refractivity contribution >= 4 is 28.1 Å². The number of pyridine rings is 1. The van der Waals surface area contributed by atoms with Crippen molar-refractivity contribution in [2.75, 3.05) is 11.9 Å². The maximum absolute atomic E-state index is 14.9. The summed E-state index contributed by atoms with van der Waals surface area (Å²) < 4.78 is 31.2. The summed E-state index contributed by atoms with van der Waals surface area (Å²) in [6, 6.07) is 8.58. The maximum Gasteiger partial charge on any atom is 0.251 e. The van der Waals surface area contributed by atoms with Crippen LogP contribution in [0.2, 0.25) is 0 Å². The number of hydrogen-bond donors (Lipinski definition) is 4. The van der Waals surface area contributed by atoms with Gasteiger partial charge in [0.1, 0.15) is 22.5 Å². The van der Waals surface area contributed by atoms with E-state index in [1.807, 2.05) is 0 Å². The monoisotopic (exact) mass is 515 g/mol. The van der Waals surface area contributed by atoms with Gasteiger partial charge in [0.25, 0.3) is 5.91 Å². The first kappa shape index (κ1) is 25.3. The van der Waals surface area contributed by atoms with Gasteiger partial charge < -0.3 is 21.3 Å². The highest BCUT2D eigenvalue weighted by Crippen LogP contribution is 2.40. The molecule has 1 amide bonds. The Morgan fingerprint density at radius 1 is 1.22 bits per heavy atom. The van der Waals surface area contributed by atoms with E-state index in [0.29, 0.717) is 17.3 Å². The standard InChI is InChI=1S/C23H23F2N7O3S/c1-23(2,35)12-8-15(24)20(16(25)9-12)17-11-14(21(26)34)22(36-17)28-18-5-3-4-13(27-18)10-19-29-30-31-32(19)6-7-33/h3-5,8-9,11,33,35H,6-7,10H2,1-2H3,(H2,26,34)(H,27,28). The van der Waals surface area contributed by atoms with Crippen LogP contribution in [0.5, 0.6) is 0 Å². The van der Waals surface area contributed by atoms with Crippen molar-refractivity contribution in [3.05, 3.63) is 70.7 Å². The molecule has 0 saturated carbocycles. The van der Waals surface area contributed by atoms with E-state index in [2.05, 4.69) is 25.8 Å². The van der Waals surface area contributed by atoms with Crippen LogP contribution in [0.4, 0.5) is 19.6 Å². The molecule has 0 atom stereocenters. The fourth-order valence-electron chi connectivity index (χ4n) is 3.50. The number of thiophene rings is 1. The molecule has 10 nitrogen and oxygen atoms in total. The number of aliphatic hydroxyl groups excluding tert-OH is 1. The fraction of sp³-hybridized carbons (Fsp3) is 0.261. The predicted octanol–water partition coefficient (Wildman–Crippen LogP) is 2.73. The summed E-state index contributed by atoms with van der Waals surface area (Å²) in [4.78, 5) is 16.7. The zero-order chi connectivity index (χ0) is 26.0. The Bertz CT molecular complexity index is 1390. The normalized spacial score (nSPS) is 11.6. The van der Waals surface area contributed by atoms with Crippen molar-refractivity contribution in [1.29, 1.82) is 0 Å². The minimum absolute atomic E-state index is 0.0412. The summed E-state index contributed by atoms with van der Waals surface area (Å²) in [5.74, 6) is -1.67. The Labute approximate surface area is 208 Å². The number of aromatic nitrogens is 5. The molecule has 3 heterocycles. The van der Waals surface area contributed by atoms with Crippen LogP contribution in [0.25, 0.3) is 10.4 Å². The second kappa shape index (κ2) is 10.0. The molecule has 0 fully saturated rings. The van der Waals surface area contributed by atoms with E-state index >= 15 is 0 Å². The molecule has 4 rings (SSSR count). The molecule has 0 bridgehead atoms. The molecule has 0 aliphatic heterocycles. The summed E-state index contributed by atoms with van der Waals surface area (Å²) in [7, 11) is 0. The average molecular weight is 516 g/mol. The van der Waals surface area contributed by atoms with Crippen LogP contribution in [0.15, 0.2) is 36.4 Å². The molecular weight excluding hydrogens is 492 g/mol. The number of carbonyl (C=O) groups excluding carboxylic acids is 1. The van der Waals surface area contributed by atoms with E-state index < -0.39 is 23.1 Å². The molecule has 36 heavy (non-hydrogen) atoms. The third-order valence-electron chi connectivity index (χ3n) is 5.30. The van der Waals surface area contributed by atoms with E-state index in [4.69, 9.17) is 10.8 Å². The SMILES string of the molecule is CC(C)(O)c1cc(F)c(-c2cc(C(N)=O)c(Nc3cccc(Cc4nnnn4CCO)n3)s2)c(F)c1. The number of anilines is 2. The van der Waals surface area contributed by atoms with E-state index in [1.165, 1.54) is 24.6 Å². The number of nitrogens with zero attached hydrogens (tertiary/aromatic N) is 5. The summed E-state index contributed by atoms with van der Waals surface area (Å²) in [6.07, 6.45) is 0.283. The molecule has 1 aromatic carbocycles. The van der Waals surface area contributed by atoms with Gasteiger partial charge in [0, 0.05) is 4.88 Å². The lowest BCUT2D eigenvalue weighted by atomic mass is 9.96. The molecule has 0 saturated heterocycles. The third-order valence-corrected chi connectivity index (χ3v) is 6.37. The molecular formula is C23H23F2N7O3S. The van der Waals surface area contributed by atoms with Gasteiger partial charge in [0.15, 0.2) is 5.82 Å². The van der Waals surface area contributed by atoms with Gasteiger partial charge in [-0.1, -0.05) is 6.07 Å². The Morgan fingerprint density at radius 3 is 2.58 bits per heavy atom. The highest BCUT2D eigenvalue weighted by Gasteiger charge is 2.24. The quantitative estimate of drug-likeness (QED) is 0.266. The number of amides is 1. The van der Waals surface area contributed by atoms with Crippen LogP contribution in [-0.4, -0.2) is 47.9 Å². The largest absolute Gasteiger partial charge is 0.394 e. The Kier molecular flexibility index (Phi) is 7.06. The van der Waals surface area contributed by atoms with E-state index in [9.17, 15) is 18.7 Å². The molecule has 0 aliphatic carbocycles. The number of primary amides is 1. The lowest BCUT2D eigenvalue weighted by molar-refractivity contribution is 0.0778. The van der Waals surface area contributed by atoms with Crippen molar-refractivity contribution in [2.24, 2.45) is 5.73 Å². The molecule has 0 unspecified atom stereocenters. The summed E-state index contributed by atoms with van der Waals surface area (Å²) in [6.45, 7) is 2.97. The number of rotatable bonds is 9. The number of benzene rings is 1. The topological polar surface area (TPSA) is 152 Å². The van der Waals surface area contributed by atoms with Crippen LogP contribution < -0.4 is 11.1 Å².